The molecule has 0 unspecified atom stereocenters. The number of carbonyl (C=O) groups is 1. The lowest BCUT2D eigenvalue weighted by Gasteiger charge is -2.13. The molecule has 132 valence electrons. The molecule has 3 rings (SSSR count). The van der Waals surface area contributed by atoms with Gasteiger partial charge in [-0.2, -0.15) is 0 Å². The first-order valence-electron chi connectivity index (χ1n) is 8.36. The van der Waals surface area contributed by atoms with Gasteiger partial charge in [-0.25, -0.2) is 0 Å². The largest absolute Gasteiger partial charge is 0.496 e. The van der Waals surface area contributed by atoms with Crippen molar-refractivity contribution >= 4 is 23.4 Å². The summed E-state index contributed by atoms with van der Waals surface area (Å²) in [7, 11) is 1.66. The molecule has 3 aromatic rings. The van der Waals surface area contributed by atoms with E-state index in [1.165, 1.54) is 5.56 Å². The first-order chi connectivity index (χ1) is 12.7. The summed E-state index contributed by atoms with van der Waals surface area (Å²) in [6, 6.07) is 23.6. The van der Waals surface area contributed by atoms with Gasteiger partial charge in [-0.15, -0.1) is 11.8 Å². The maximum atomic E-state index is 12.7. The lowest BCUT2D eigenvalue weighted by atomic mass is 10.0. The lowest BCUT2D eigenvalue weighted by molar-refractivity contribution is 0.102. The molecule has 1 amide bonds. The highest BCUT2D eigenvalue weighted by Gasteiger charge is 2.12. The van der Waals surface area contributed by atoms with Crippen LogP contribution >= 0.6 is 11.8 Å². The molecule has 0 aliphatic carbocycles. The fraction of sp³-hybridized carbons (Fsp3) is 0.136. The molecule has 0 spiro atoms. The number of amides is 1. The number of methoxy groups -OCH3 is 1. The fourth-order valence-corrected chi connectivity index (χ4v) is 3.44. The van der Waals surface area contributed by atoms with Gasteiger partial charge >= 0.3 is 0 Å². The van der Waals surface area contributed by atoms with Crippen molar-refractivity contribution in [2.24, 2.45) is 0 Å². The predicted molar refractivity (Wildman–Crippen MR) is 108 cm³/mol. The van der Waals surface area contributed by atoms with Crippen molar-refractivity contribution in [3.05, 3.63) is 89.5 Å². The van der Waals surface area contributed by atoms with Gasteiger partial charge in [0.05, 0.1) is 12.7 Å². The third-order valence-corrected chi connectivity index (χ3v) is 4.92. The van der Waals surface area contributed by atoms with Crippen molar-refractivity contribution in [1.29, 1.82) is 0 Å². The summed E-state index contributed by atoms with van der Waals surface area (Å²) in [5.41, 5.74) is 3.68. The molecular formula is C22H21NO2S. The SMILES string of the molecule is COc1ccc(NC(=O)c2ccccc2SC)cc1Cc1ccccc1. The Labute approximate surface area is 158 Å². The van der Waals surface area contributed by atoms with Crippen LogP contribution in [-0.4, -0.2) is 19.3 Å². The molecule has 3 nitrogen and oxygen atoms in total. The van der Waals surface area contributed by atoms with Crippen molar-refractivity contribution in [2.75, 3.05) is 18.7 Å². The van der Waals surface area contributed by atoms with E-state index in [4.69, 9.17) is 4.74 Å². The van der Waals surface area contributed by atoms with Gasteiger partial charge in [0.2, 0.25) is 0 Å². The smallest absolute Gasteiger partial charge is 0.256 e. The summed E-state index contributed by atoms with van der Waals surface area (Å²) in [4.78, 5) is 13.6. The van der Waals surface area contributed by atoms with E-state index in [0.717, 1.165) is 28.3 Å². The number of nitrogens with one attached hydrogen (secondary N) is 1. The van der Waals surface area contributed by atoms with E-state index < -0.39 is 0 Å². The fourth-order valence-electron chi connectivity index (χ4n) is 2.84. The van der Waals surface area contributed by atoms with E-state index in [9.17, 15) is 4.79 Å². The summed E-state index contributed by atoms with van der Waals surface area (Å²) in [5, 5.41) is 3.00. The predicted octanol–water partition coefficient (Wildman–Crippen LogP) is 5.26. The Morgan fingerprint density at radius 1 is 1.00 bits per heavy atom. The maximum absolute atomic E-state index is 12.7. The van der Waals surface area contributed by atoms with E-state index in [1.807, 2.05) is 66.9 Å². The molecule has 0 aromatic heterocycles. The first-order valence-corrected chi connectivity index (χ1v) is 9.59. The minimum Gasteiger partial charge on any atom is -0.496 e. The highest BCUT2D eigenvalue weighted by molar-refractivity contribution is 7.98. The van der Waals surface area contributed by atoms with Crippen LogP contribution in [0.5, 0.6) is 5.75 Å². The highest BCUT2D eigenvalue weighted by atomic mass is 32.2. The van der Waals surface area contributed by atoms with Crippen LogP contribution in [0.1, 0.15) is 21.5 Å². The molecule has 0 atom stereocenters. The number of carbonyl (C=O) groups excluding carboxylic acids is 1. The molecule has 0 heterocycles. The molecule has 26 heavy (non-hydrogen) atoms. The van der Waals surface area contributed by atoms with E-state index >= 15 is 0 Å². The zero-order chi connectivity index (χ0) is 18.4. The van der Waals surface area contributed by atoms with Gasteiger partial charge in [-0.05, 0) is 42.2 Å². The Bertz CT molecular complexity index is 894. The minimum absolute atomic E-state index is 0.106. The van der Waals surface area contributed by atoms with Gasteiger partial charge in [0.25, 0.3) is 5.91 Å². The van der Waals surface area contributed by atoms with Crippen molar-refractivity contribution in [2.45, 2.75) is 11.3 Å². The standard InChI is InChI=1S/C22H21NO2S/c1-25-20-13-12-18(15-17(20)14-16-8-4-3-5-9-16)23-22(24)19-10-6-7-11-21(19)26-2/h3-13,15H,14H2,1-2H3,(H,23,24). The topological polar surface area (TPSA) is 38.3 Å². The van der Waals surface area contributed by atoms with Crippen LogP contribution in [0.3, 0.4) is 0 Å². The van der Waals surface area contributed by atoms with Gasteiger partial charge in [0.1, 0.15) is 5.75 Å². The number of benzene rings is 3. The summed E-state index contributed by atoms with van der Waals surface area (Å²) in [6.07, 6.45) is 2.71. The summed E-state index contributed by atoms with van der Waals surface area (Å²) in [6.45, 7) is 0. The first kappa shape index (κ1) is 18.1. The second kappa shape index (κ2) is 8.59. The lowest BCUT2D eigenvalue weighted by Crippen LogP contribution is -2.13. The van der Waals surface area contributed by atoms with Crippen LogP contribution in [0.25, 0.3) is 0 Å². The molecule has 0 aliphatic rings. The molecule has 0 radical (unpaired) electrons. The van der Waals surface area contributed by atoms with Gasteiger partial charge in [-0.3, -0.25) is 4.79 Å². The van der Waals surface area contributed by atoms with Crippen LogP contribution in [0.4, 0.5) is 5.69 Å². The van der Waals surface area contributed by atoms with Gasteiger partial charge in [0.15, 0.2) is 0 Å². The number of hydrogen-bond acceptors (Lipinski definition) is 3. The second-order valence-electron chi connectivity index (χ2n) is 5.84. The Kier molecular flexibility index (Phi) is 5.97. The Hall–Kier alpha value is -2.72. The van der Waals surface area contributed by atoms with E-state index in [-0.39, 0.29) is 5.91 Å². The summed E-state index contributed by atoms with van der Waals surface area (Å²) in [5.74, 6) is 0.710. The molecule has 0 saturated carbocycles. The maximum Gasteiger partial charge on any atom is 0.256 e. The van der Waals surface area contributed by atoms with Crippen molar-refractivity contribution < 1.29 is 9.53 Å². The van der Waals surface area contributed by atoms with Crippen LogP contribution in [0.2, 0.25) is 0 Å². The Morgan fingerprint density at radius 2 is 1.73 bits per heavy atom. The normalized spacial score (nSPS) is 10.4. The third kappa shape index (κ3) is 4.27. The van der Waals surface area contributed by atoms with E-state index in [1.54, 1.807) is 18.9 Å². The molecule has 4 heteroatoms. The zero-order valence-corrected chi connectivity index (χ0v) is 15.7. The molecule has 0 saturated heterocycles. The third-order valence-electron chi connectivity index (χ3n) is 4.13. The molecule has 1 N–H and O–H groups in total. The Balaban J connectivity index is 1.84. The van der Waals surface area contributed by atoms with Crippen LogP contribution in [-0.2, 0) is 6.42 Å². The van der Waals surface area contributed by atoms with Crippen LogP contribution < -0.4 is 10.1 Å². The number of anilines is 1. The molecule has 0 bridgehead atoms. The van der Waals surface area contributed by atoms with Crippen LogP contribution in [0.15, 0.2) is 77.7 Å². The van der Waals surface area contributed by atoms with E-state index in [2.05, 4.69) is 17.4 Å². The molecule has 0 aliphatic heterocycles. The Morgan fingerprint density at radius 3 is 2.46 bits per heavy atom. The van der Waals surface area contributed by atoms with Gasteiger partial charge < -0.3 is 10.1 Å². The summed E-state index contributed by atoms with van der Waals surface area (Å²) >= 11 is 1.56. The zero-order valence-electron chi connectivity index (χ0n) is 14.9. The molecular weight excluding hydrogens is 342 g/mol. The number of ether oxygens (including phenoxy) is 1. The summed E-state index contributed by atoms with van der Waals surface area (Å²) < 4.78 is 5.48. The number of rotatable bonds is 6. The van der Waals surface area contributed by atoms with Gasteiger partial charge in [0, 0.05) is 22.6 Å². The molecule has 0 fully saturated rings. The van der Waals surface area contributed by atoms with Gasteiger partial charge in [-0.1, -0.05) is 42.5 Å². The van der Waals surface area contributed by atoms with Crippen LogP contribution in [0, 0.1) is 0 Å². The van der Waals surface area contributed by atoms with Crippen molar-refractivity contribution in [3.8, 4) is 5.75 Å². The van der Waals surface area contributed by atoms with Crippen molar-refractivity contribution in [1.82, 2.24) is 0 Å². The number of hydrogen-bond donors (Lipinski definition) is 1. The minimum atomic E-state index is -0.106. The highest BCUT2D eigenvalue weighted by Crippen LogP contribution is 2.26. The average molecular weight is 363 g/mol. The number of thioether (sulfide) groups is 1. The monoisotopic (exact) mass is 363 g/mol. The second-order valence-corrected chi connectivity index (χ2v) is 6.69. The molecule has 3 aromatic carbocycles. The quantitative estimate of drug-likeness (QED) is 0.607. The van der Waals surface area contributed by atoms with E-state index in [0.29, 0.717) is 5.56 Å². The van der Waals surface area contributed by atoms with Crippen molar-refractivity contribution in [3.63, 3.8) is 0 Å². The average Bonchev–Trinajstić information content (AvgIpc) is 2.69.